The summed E-state index contributed by atoms with van der Waals surface area (Å²) in [5.74, 6) is -1.12. The van der Waals surface area contributed by atoms with Gasteiger partial charge in [-0.3, -0.25) is 4.99 Å². The highest BCUT2D eigenvalue weighted by Crippen LogP contribution is 2.29. The molecule has 0 bridgehead atoms. The van der Waals surface area contributed by atoms with Crippen LogP contribution in [0.4, 0.5) is 23.2 Å². The number of aliphatic hydroxyl groups is 1. The van der Waals surface area contributed by atoms with Gasteiger partial charge >= 0.3 is 6.36 Å². The maximum atomic E-state index is 12.8. The van der Waals surface area contributed by atoms with Gasteiger partial charge in [-0.15, -0.1) is 13.2 Å². The van der Waals surface area contributed by atoms with E-state index in [-0.39, 0.29) is 18.2 Å². The Bertz CT molecular complexity index is 733. The minimum absolute atomic E-state index is 0.0302. The molecule has 2 aromatic carbocycles. The Labute approximate surface area is 140 Å². The van der Waals surface area contributed by atoms with Crippen LogP contribution in [0.2, 0.25) is 0 Å². The van der Waals surface area contributed by atoms with Crippen LogP contribution in [-0.4, -0.2) is 24.0 Å². The van der Waals surface area contributed by atoms with E-state index in [4.69, 9.17) is 5.73 Å². The van der Waals surface area contributed by atoms with Gasteiger partial charge in [-0.25, -0.2) is 4.39 Å². The van der Waals surface area contributed by atoms with Crippen LogP contribution in [0.5, 0.6) is 5.75 Å². The Morgan fingerprint density at radius 1 is 1.16 bits per heavy atom. The van der Waals surface area contributed by atoms with Gasteiger partial charge in [0.05, 0.1) is 18.3 Å². The van der Waals surface area contributed by atoms with Gasteiger partial charge in [-0.05, 0) is 29.8 Å². The van der Waals surface area contributed by atoms with Crippen molar-refractivity contribution in [3.05, 3.63) is 59.9 Å². The van der Waals surface area contributed by atoms with Crippen molar-refractivity contribution in [1.29, 1.82) is 0 Å². The fraction of sp³-hybridized carbons (Fsp3) is 0.188. The molecule has 0 aromatic heterocycles. The summed E-state index contributed by atoms with van der Waals surface area (Å²) in [4.78, 5) is 3.86. The first kappa shape index (κ1) is 18.5. The predicted octanol–water partition coefficient (Wildman–Crippen LogP) is 3.18. The summed E-state index contributed by atoms with van der Waals surface area (Å²) in [6.07, 6.45) is -5.88. The monoisotopic (exact) mass is 357 g/mol. The predicted molar refractivity (Wildman–Crippen MR) is 84.6 cm³/mol. The second-order valence-electron chi connectivity index (χ2n) is 4.96. The molecule has 0 spiro atoms. The molecule has 2 rings (SSSR count). The van der Waals surface area contributed by atoms with Gasteiger partial charge in [0.25, 0.3) is 0 Å². The molecular weight excluding hydrogens is 342 g/mol. The van der Waals surface area contributed by atoms with Crippen molar-refractivity contribution in [1.82, 2.24) is 0 Å². The quantitative estimate of drug-likeness (QED) is 0.436. The maximum absolute atomic E-state index is 12.8. The molecule has 0 amide bonds. The first-order valence-electron chi connectivity index (χ1n) is 7.10. The highest BCUT2D eigenvalue weighted by Gasteiger charge is 2.32. The Kier molecular flexibility index (Phi) is 5.81. The van der Waals surface area contributed by atoms with Crippen molar-refractivity contribution >= 4 is 11.6 Å². The van der Waals surface area contributed by atoms with Gasteiger partial charge in [0, 0.05) is 0 Å². The Hall–Kier alpha value is -2.81. The van der Waals surface area contributed by atoms with Crippen molar-refractivity contribution in [3.63, 3.8) is 0 Å². The number of aliphatic hydroxyl groups excluding tert-OH is 1. The number of nitrogens with two attached hydrogens (primary N) is 1. The van der Waals surface area contributed by atoms with Crippen LogP contribution in [0, 0.1) is 5.82 Å². The molecule has 2 aromatic rings. The summed E-state index contributed by atoms with van der Waals surface area (Å²) in [5, 5.41) is 12.4. The van der Waals surface area contributed by atoms with Gasteiger partial charge in [0.15, 0.2) is 11.7 Å². The third kappa shape index (κ3) is 5.96. The maximum Gasteiger partial charge on any atom is 0.573 e. The number of rotatable bonds is 5. The average molecular weight is 357 g/mol. The second-order valence-corrected chi connectivity index (χ2v) is 4.96. The molecule has 1 unspecified atom stereocenters. The van der Waals surface area contributed by atoms with Gasteiger partial charge in [-0.1, -0.05) is 24.3 Å². The van der Waals surface area contributed by atoms with Crippen LogP contribution in [0.15, 0.2) is 53.5 Å². The number of halogens is 4. The fourth-order valence-electron chi connectivity index (χ4n) is 1.94. The van der Waals surface area contributed by atoms with Gasteiger partial charge in [0.1, 0.15) is 5.82 Å². The highest BCUT2D eigenvalue weighted by molar-refractivity contribution is 5.93. The minimum atomic E-state index is -4.84. The highest BCUT2D eigenvalue weighted by atomic mass is 19.4. The molecule has 25 heavy (non-hydrogen) atoms. The third-order valence-corrected chi connectivity index (χ3v) is 3.06. The number of aliphatic imine (C=N–C) groups is 1. The summed E-state index contributed by atoms with van der Waals surface area (Å²) in [7, 11) is 0. The zero-order valence-electron chi connectivity index (χ0n) is 12.8. The molecule has 5 nitrogen and oxygen atoms in total. The molecule has 0 radical (unpaired) electrons. The molecule has 0 aliphatic rings. The molecule has 4 N–H and O–H groups in total. The standard InChI is InChI=1S/C16H15F4N3O2/c17-11-7-5-10(6-8-11)13(24)9-22-15(21)23-12-3-1-2-4-14(12)25-16(18,19)20/h1-8,13,24H,9H2,(H3,21,22,23). The number of hydrogen-bond donors (Lipinski definition) is 3. The van der Waals surface area contributed by atoms with E-state index in [0.717, 1.165) is 6.07 Å². The molecule has 0 heterocycles. The van der Waals surface area contributed by atoms with Crippen LogP contribution < -0.4 is 15.8 Å². The third-order valence-electron chi connectivity index (χ3n) is 3.06. The van der Waals surface area contributed by atoms with Crippen LogP contribution in [0.1, 0.15) is 11.7 Å². The first-order chi connectivity index (χ1) is 11.7. The van der Waals surface area contributed by atoms with Gasteiger partial charge in [0.2, 0.25) is 0 Å². The molecule has 0 aliphatic heterocycles. The number of alkyl halides is 3. The topological polar surface area (TPSA) is 79.9 Å². The van der Waals surface area contributed by atoms with E-state index in [1.165, 1.54) is 42.5 Å². The molecular formula is C16H15F4N3O2. The molecule has 1 atom stereocenters. The van der Waals surface area contributed by atoms with E-state index in [0.29, 0.717) is 5.56 Å². The number of ether oxygens (including phenoxy) is 1. The van der Waals surface area contributed by atoms with Crippen molar-refractivity contribution in [3.8, 4) is 5.75 Å². The molecule has 134 valence electrons. The van der Waals surface area contributed by atoms with E-state index in [1.807, 2.05) is 0 Å². The van der Waals surface area contributed by atoms with Crippen LogP contribution >= 0.6 is 0 Å². The molecule has 0 saturated carbocycles. The summed E-state index contributed by atoms with van der Waals surface area (Å²) < 4.78 is 53.8. The van der Waals surface area contributed by atoms with Crippen molar-refractivity contribution < 1.29 is 27.4 Å². The number of nitrogens with one attached hydrogen (secondary N) is 1. The van der Waals surface area contributed by atoms with Crippen molar-refractivity contribution in [2.75, 3.05) is 11.9 Å². The smallest absolute Gasteiger partial charge is 0.404 e. The van der Waals surface area contributed by atoms with Gasteiger partial charge < -0.3 is 20.9 Å². The van der Waals surface area contributed by atoms with Gasteiger partial charge in [-0.2, -0.15) is 0 Å². The lowest BCUT2D eigenvalue weighted by molar-refractivity contribution is -0.274. The zero-order chi connectivity index (χ0) is 18.4. The first-order valence-corrected chi connectivity index (χ1v) is 7.10. The summed E-state index contributed by atoms with van der Waals surface area (Å²) in [6, 6.07) is 10.5. The van der Waals surface area contributed by atoms with E-state index in [2.05, 4.69) is 15.0 Å². The summed E-state index contributed by atoms with van der Waals surface area (Å²) in [6.45, 7) is -0.160. The largest absolute Gasteiger partial charge is 0.573 e. The van der Waals surface area contributed by atoms with E-state index >= 15 is 0 Å². The van der Waals surface area contributed by atoms with Crippen LogP contribution in [-0.2, 0) is 0 Å². The SMILES string of the molecule is NC(=NCC(O)c1ccc(F)cc1)Nc1ccccc1OC(F)(F)F. The lowest BCUT2D eigenvalue weighted by atomic mass is 10.1. The zero-order valence-corrected chi connectivity index (χ0v) is 12.8. The lowest BCUT2D eigenvalue weighted by Gasteiger charge is -2.14. The fourth-order valence-corrected chi connectivity index (χ4v) is 1.94. The Morgan fingerprint density at radius 2 is 1.80 bits per heavy atom. The number of hydrogen-bond acceptors (Lipinski definition) is 3. The summed E-state index contributed by atoms with van der Waals surface area (Å²) >= 11 is 0. The summed E-state index contributed by atoms with van der Waals surface area (Å²) in [5.41, 5.74) is 6.02. The number of guanidine groups is 1. The normalized spacial score (nSPS) is 13.4. The van der Waals surface area contributed by atoms with Crippen molar-refractivity contribution in [2.24, 2.45) is 10.7 Å². The number of anilines is 1. The number of nitrogens with zero attached hydrogens (tertiary/aromatic N) is 1. The Balaban J connectivity index is 2.03. The molecule has 0 fully saturated rings. The lowest BCUT2D eigenvalue weighted by Crippen LogP contribution is -2.25. The van der Waals surface area contributed by atoms with Crippen LogP contribution in [0.25, 0.3) is 0 Å². The average Bonchev–Trinajstić information content (AvgIpc) is 2.54. The van der Waals surface area contributed by atoms with E-state index in [1.54, 1.807) is 0 Å². The molecule has 0 saturated heterocycles. The van der Waals surface area contributed by atoms with Crippen molar-refractivity contribution in [2.45, 2.75) is 12.5 Å². The second kappa shape index (κ2) is 7.84. The Morgan fingerprint density at radius 3 is 2.44 bits per heavy atom. The van der Waals surface area contributed by atoms with Crippen LogP contribution in [0.3, 0.4) is 0 Å². The minimum Gasteiger partial charge on any atom is -0.404 e. The number of benzene rings is 2. The number of para-hydroxylation sites is 2. The van der Waals surface area contributed by atoms with E-state index < -0.39 is 24.0 Å². The van der Waals surface area contributed by atoms with E-state index in [9.17, 15) is 22.7 Å². The molecule has 9 heteroatoms. The molecule has 0 aliphatic carbocycles.